The van der Waals surface area contributed by atoms with Gasteiger partial charge in [-0.1, -0.05) is 29.8 Å². The molecule has 0 radical (unpaired) electrons. The summed E-state index contributed by atoms with van der Waals surface area (Å²) in [5.41, 5.74) is 3.95. The van der Waals surface area contributed by atoms with E-state index in [0.29, 0.717) is 27.6 Å². The average Bonchev–Trinajstić information content (AvgIpc) is 3.12. The molecule has 0 unspecified atom stereocenters. The summed E-state index contributed by atoms with van der Waals surface area (Å²) < 4.78 is 11.3. The van der Waals surface area contributed by atoms with Crippen molar-refractivity contribution < 1.29 is 24.0 Å². The van der Waals surface area contributed by atoms with Gasteiger partial charge in [0.2, 0.25) is 0 Å². The lowest BCUT2D eigenvalue weighted by Crippen LogP contribution is -2.35. The normalized spacial score (nSPS) is 14.3. The fourth-order valence-corrected chi connectivity index (χ4v) is 3.56. The summed E-state index contributed by atoms with van der Waals surface area (Å²) in [6, 6.07) is 17.7. The number of benzene rings is 3. The molecule has 3 aromatic carbocycles. The first-order valence-corrected chi connectivity index (χ1v) is 10.4. The number of carbonyl (C=O) groups is 2. The molecule has 1 aliphatic rings. The zero-order chi connectivity index (χ0) is 24.2. The predicted octanol–water partition coefficient (Wildman–Crippen LogP) is 4.30. The fourth-order valence-electron chi connectivity index (χ4n) is 3.34. The van der Waals surface area contributed by atoms with E-state index in [0.717, 1.165) is 5.01 Å². The predicted molar refractivity (Wildman–Crippen MR) is 125 cm³/mol. The molecule has 0 spiro atoms. The van der Waals surface area contributed by atoms with Crippen LogP contribution in [0.15, 0.2) is 72.3 Å². The van der Waals surface area contributed by atoms with E-state index in [1.807, 2.05) is 0 Å². The van der Waals surface area contributed by atoms with Crippen LogP contribution in [0.3, 0.4) is 0 Å². The number of methoxy groups -OCH3 is 1. The monoisotopic (exact) mass is 479 g/mol. The van der Waals surface area contributed by atoms with Gasteiger partial charge in [0.25, 0.3) is 17.5 Å². The van der Waals surface area contributed by atoms with Crippen molar-refractivity contribution in [3.05, 3.63) is 98.6 Å². The number of anilines is 1. The van der Waals surface area contributed by atoms with Crippen LogP contribution < -0.4 is 19.9 Å². The van der Waals surface area contributed by atoms with E-state index in [9.17, 15) is 19.7 Å². The van der Waals surface area contributed by atoms with Crippen LogP contribution >= 0.6 is 11.6 Å². The van der Waals surface area contributed by atoms with E-state index in [1.54, 1.807) is 54.6 Å². The Morgan fingerprint density at radius 1 is 1.09 bits per heavy atom. The molecule has 1 N–H and O–H groups in total. The number of rotatable bonds is 7. The van der Waals surface area contributed by atoms with Gasteiger partial charge in [-0.05, 0) is 42.0 Å². The Hall–Kier alpha value is -4.37. The third kappa shape index (κ3) is 4.69. The van der Waals surface area contributed by atoms with E-state index in [1.165, 1.54) is 25.3 Å². The number of halogens is 1. The molecule has 1 aliphatic heterocycles. The van der Waals surface area contributed by atoms with Gasteiger partial charge in [0, 0.05) is 28.8 Å². The number of hydrazine groups is 1. The summed E-state index contributed by atoms with van der Waals surface area (Å²) in [4.78, 5) is 35.9. The number of hydrogen-bond acceptors (Lipinski definition) is 6. The topological polar surface area (TPSA) is 111 Å². The number of ether oxygens (including phenoxy) is 2. The summed E-state index contributed by atoms with van der Waals surface area (Å²) in [7, 11) is 1.44. The van der Waals surface area contributed by atoms with Gasteiger partial charge in [0.1, 0.15) is 12.2 Å². The smallest absolute Gasteiger partial charge is 0.282 e. The summed E-state index contributed by atoms with van der Waals surface area (Å²) in [5, 5.41) is 12.3. The van der Waals surface area contributed by atoms with Crippen LogP contribution in [0.2, 0.25) is 5.02 Å². The van der Waals surface area contributed by atoms with Crippen molar-refractivity contribution in [1.82, 2.24) is 5.43 Å². The van der Waals surface area contributed by atoms with Crippen LogP contribution in [-0.4, -0.2) is 23.8 Å². The van der Waals surface area contributed by atoms with Crippen molar-refractivity contribution in [3.63, 3.8) is 0 Å². The summed E-state index contributed by atoms with van der Waals surface area (Å²) in [6.07, 6.45) is 1.39. The second kappa shape index (κ2) is 9.63. The lowest BCUT2D eigenvalue weighted by molar-refractivity contribution is -0.384. The molecule has 0 bridgehead atoms. The SMILES string of the molecule is COc1cc(Cl)cc(/C=C2/C(=O)NN(c3ccccc3)C2=O)c1OCc1ccc([N+](=O)[O-])cc1. The largest absolute Gasteiger partial charge is 0.493 e. The second-order valence-corrected chi connectivity index (χ2v) is 7.65. The number of hydrogen-bond donors (Lipinski definition) is 1. The first-order valence-electron chi connectivity index (χ1n) is 10.0. The fraction of sp³-hybridized carbons (Fsp3) is 0.0833. The van der Waals surface area contributed by atoms with Gasteiger partial charge in [-0.2, -0.15) is 0 Å². The Morgan fingerprint density at radius 2 is 1.79 bits per heavy atom. The second-order valence-electron chi connectivity index (χ2n) is 7.21. The highest BCUT2D eigenvalue weighted by Crippen LogP contribution is 2.37. The van der Waals surface area contributed by atoms with Crippen LogP contribution in [0.4, 0.5) is 11.4 Å². The Labute approximate surface area is 199 Å². The average molecular weight is 480 g/mol. The highest BCUT2D eigenvalue weighted by molar-refractivity contribution is 6.32. The lowest BCUT2D eigenvalue weighted by Gasteiger charge is -2.15. The first-order chi connectivity index (χ1) is 16.4. The van der Waals surface area contributed by atoms with Crippen LogP contribution in [-0.2, 0) is 16.2 Å². The highest BCUT2D eigenvalue weighted by Gasteiger charge is 2.34. The molecule has 0 aliphatic carbocycles. The van der Waals surface area contributed by atoms with Gasteiger partial charge in [-0.25, -0.2) is 5.01 Å². The summed E-state index contributed by atoms with van der Waals surface area (Å²) in [5.74, 6) is -0.547. The molecule has 9 nitrogen and oxygen atoms in total. The maximum atomic E-state index is 13.0. The summed E-state index contributed by atoms with van der Waals surface area (Å²) in [6.45, 7) is 0.0580. The van der Waals surface area contributed by atoms with Crippen molar-refractivity contribution >= 4 is 40.9 Å². The van der Waals surface area contributed by atoms with E-state index >= 15 is 0 Å². The zero-order valence-corrected chi connectivity index (χ0v) is 18.6. The Morgan fingerprint density at radius 3 is 2.44 bits per heavy atom. The van der Waals surface area contributed by atoms with Gasteiger partial charge in [-0.3, -0.25) is 25.1 Å². The summed E-state index contributed by atoms with van der Waals surface area (Å²) >= 11 is 6.22. The molecule has 3 aromatic rings. The number of nitro groups is 1. The van der Waals surface area contributed by atoms with Crippen LogP contribution in [0, 0.1) is 10.1 Å². The molecule has 0 aromatic heterocycles. The standard InChI is InChI=1S/C24H18ClN3O6/c1-33-21-13-17(25)11-16(22(21)34-14-15-7-9-19(10-8-15)28(31)32)12-20-23(29)26-27(24(20)30)18-5-3-2-4-6-18/h2-13H,14H2,1H3,(H,26,29)/b20-12-. The number of nitro benzene ring substituents is 1. The van der Waals surface area contributed by atoms with E-state index in [-0.39, 0.29) is 23.6 Å². The van der Waals surface area contributed by atoms with Gasteiger partial charge in [0.15, 0.2) is 11.5 Å². The molecule has 1 heterocycles. The molecule has 34 heavy (non-hydrogen) atoms. The number of non-ortho nitro benzene ring substituents is 1. The van der Waals surface area contributed by atoms with Crippen molar-refractivity contribution in [3.8, 4) is 11.5 Å². The maximum absolute atomic E-state index is 13.0. The first kappa shape index (κ1) is 22.8. The van der Waals surface area contributed by atoms with E-state index < -0.39 is 16.7 Å². The highest BCUT2D eigenvalue weighted by atomic mass is 35.5. The molecule has 1 fully saturated rings. The molecular formula is C24H18ClN3O6. The molecule has 0 saturated carbocycles. The van der Waals surface area contributed by atoms with Crippen molar-refractivity contribution in [1.29, 1.82) is 0 Å². The third-order valence-corrected chi connectivity index (χ3v) is 5.22. The van der Waals surface area contributed by atoms with E-state index in [2.05, 4.69) is 5.43 Å². The molecule has 1 saturated heterocycles. The number of nitrogens with zero attached hydrogens (tertiary/aromatic N) is 2. The van der Waals surface area contributed by atoms with Gasteiger partial charge >= 0.3 is 0 Å². The number of carbonyl (C=O) groups excluding carboxylic acids is 2. The van der Waals surface area contributed by atoms with Crippen LogP contribution in [0.5, 0.6) is 11.5 Å². The van der Waals surface area contributed by atoms with Gasteiger partial charge < -0.3 is 9.47 Å². The molecule has 10 heteroatoms. The molecule has 0 atom stereocenters. The Kier molecular flexibility index (Phi) is 6.46. The number of para-hydroxylation sites is 1. The van der Waals surface area contributed by atoms with Crippen LogP contribution in [0.1, 0.15) is 11.1 Å². The zero-order valence-electron chi connectivity index (χ0n) is 17.9. The molecule has 4 rings (SSSR count). The van der Waals surface area contributed by atoms with Crippen molar-refractivity contribution in [2.45, 2.75) is 6.61 Å². The minimum absolute atomic E-state index is 0.0352. The molecule has 2 amide bonds. The lowest BCUT2D eigenvalue weighted by atomic mass is 10.1. The Bertz CT molecular complexity index is 1290. The van der Waals surface area contributed by atoms with Crippen molar-refractivity contribution in [2.75, 3.05) is 12.1 Å². The Balaban J connectivity index is 1.66. The maximum Gasteiger partial charge on any atom is 0.282 e. The number of nitrogens with one attached hydrogen (secondary N) is 1. The minimum atomic E-state index is -0.575. The third-order valence-electron chi connectivity index (χ3n) is 5.00. The van der Waals surface area contributed by atoms with Gasteiger partial charge in [0.05, 0.1) is 17.7 Å². The van der Waals surface area contributed by atoms with Crippen molar-refractivity contribution in [2.24, 2.45) is 0 Å². The molecular weight excluding hydrogens is 462 g/mol. The van der Waals surface area contributed by atoms with Gasteiger partial charge in [-0.15, -0.1) is 0 Å². The van der Waals surface area contributed by atoms with Crippen LogP contribution in [0.25, 0.3) is 6.08 Å². The number of amides is 2. The quantitative estimate of drug-likeness (QED) is 0.234. The van der Waals surface area contributed by atoms with E-state index in [4.69, 9.17) is 21.1 Å². The molecule has 172 valence electrons. The minimum Gasteiger partial charge on any atom is -0.493 e.